The van der Waals surface area contributed by atoms with Gasteiger partial charge in [-0.05, 0) is 37.2 Å². The van der Waals surface area contributed by atoms with E-state index in [0.29, 0.717) is 18.8 Å². The first-order valence-corrected chi connectivity index (χ1v) is 10.8. The van der Waals surface area contributed by atoms with Crippen LogP contribution in [0.2, 0.25) is 0 Å². The van der Waals surface area contributed by atoms with E-state index < -0.39 is 0 Å². The topological polar surface area (TPSA) is 101 Å². The van der Waals surface area contributed by atoms with E-state index in [-0.39, 0.29) is 42.1 Å². The van der Waals surface area contributed by atoms with Crippen LogP contribution >= 0.6 is 0 Å². The summed E-state index contributed by atoms with van der Waals surface area (Å²) in [4.78, 5) is 36.7. The molecular weight excluding hydrogens is 366 g/mol. The van der Waals surface area contributed by atoms with Gasteiger partial charge in [0.1, 0.15) is 0 Å². The summed E-state index contributed by atoms with van der Waals surface area (Å²) in [7, 11) is 0. The summed E-state index contributed by atoms with van der Waals surface area (Å²) in [6, 6.07) is 9.72. The fraction of sp³-hybridized carbons (Fsp3) is 0.609. The van der Waals surface area contributed by atoms with Gasteiger partial charge in [0, 0.05) is 12.0 Å². The van der Waals surface area contributed by atoms with Crippen LogP contribution in [-0.2, 0) is 20.8 Å². The Morgan fingerprint density at radius 1 is 1.07 bits per heavy atom. The Hall–Kier alpha value is -2.37. The van der Waals surface area contributed by atoms with Crippen molar-refractivity contribution in [2.45, 2.75) is 64.8 Å². The summed E-state index contributed by atoms with van der Waals surface area (Å²) in [5.41, 5.74) is 6.58. The molecule has 29 heavy (non-hydrogen) atoms. The van der Waals surface area contributed by atoms with Crippen molar-refractivity contribution >= 4 is 17.7 Å². The first kappa shape index (κ1) is 22.9. The lowest BCUT2D eigenvalue weighted by Crippen LogP contribution is -2.50. The highest BCUT2D eigenvalue weighted by molar-refractivity contribution is 5.86. The molecule has 1 unspecified atom stereocenters. The van der Waals surface area contributed by atoms with Gasteiger partial charge in [-0.3, -0.25) is 14.4 Å². The molecule has 0 bridgehead atoms. The van der Waals surface area contributed by atoms with Gasteiger partial charge in [-0.15, -0.1) is 0 Å². The summed E-state index contributed by atoms with van der Waals surface area (Å²) in [6.07, 6.45) is 5.78. The first-order valence-electron chi connectivity index (χ1n) is 10.8. The van der Waals surface area contributed by atoms with E-state index in [2.05, 4.69) is 24.5 Å². The lowest BCUT2D eigenvalue weighted by molar-refractivity contribution is -0.130. The maximum absolute atomic E-state index is 12.8. The number of benzene rings is 1. The lowest BCUT2D eigenvalue weighted by atomic mass is 9.84. The molecule has 4 N–H and O–H groups in total. The summed E-state index contributed by atoms with van der Waals surface area (Å²) in [5.74, 6) is -0.698. The zero-order chi connectivity index (χ0) is 21.2. The molecule has 0 heterocycles. The predicted octanol–water partition coefficient (Wildman–Crippen LogP) is 2.56. The van der Waals surface area contributed by atoms with Gasteiger partial charge in [0.15, 0.2) is 0 Å². The minimum absolute atomic E-state index is 0.0756. The molecule has 1 saturated carbocycles. The normalized spacial score (nSPS) is 20.1. The maximum atomic E-state index is 12.8. The average Bonchev–Trinajstić information content (AvgIpc) is 2.70. The van der Waals surface area contributed by atoms with Crippen LogP contribution in [0.4, 0.5) is 0 Å². The number of primary amides is 1. The van der Waals surface area contributed by atoms with E-state index in [9.17, 15) is 14.4 Å². The highest BCUT2D eigenvalue weighted by Gasteiger charge is 2.30. The zero-order valence-electron chi connectivity index (χ0n) is 17.7. The van der Waals surface area contributed by atoms with Crippen molar-refractivity contribution in [2.24, 2.45) is 23.5 Å². The molecule has 3 atom stereocenters. The van der Waals surface area contributed by atoms with Gasteiger partial charge in [-0.2, -0.15) is 0 Å². The number of amides is 3. The van der Waals surface area contributed by atoms with E-state index in [1.165, 1.54) is 0 Å². The van der Waals surface area contributed by atoms with Crippen molar-refractivity contribution in [3.8, 4) is 0 Å². The second kappa shape index (κ2) is 11.6. The molecule has 1 aliphatic carbocycles. The Kier molecular flexibility index (Phi) is 9.16. The molecule has 2 rings (SSSR count). The molecule has 0 aliphatic heterocycles. The molecule has 1 aliphatic rings. The monoisotopic (exact) mass is 401 g/mol. The highest BCUT2D eigenvalue weighted by Crippen LogP contribution is 2.24. The van der Waals surface area contributed by atoms with Crippen LogP contribution in [0.3, 0.4) is 0 Å². The molecule has 0 radical (unpaired) electrons. The molecule has 1 aromatic rings. The number of hydrogen-bond donors (Lipinski definition) is 3. The fourth-order valence-corrected chi connectivity index (χ4v) is 3.97. The SMILES string of the molecule is CC(C)CCC(Cc1ccccc1)C(=O)NCC(=O)N[C@@H]1CCCC[C@H]1C(N)=O. The molecule has 1 aromatic carbocycles. The van der Waals surface area contributed by atoms with Crippen LogP contribution < -0.4 is 16.4 Å². The Labute approximate surface area is 174 Å². The Bertz CT molecular complexity index is 675. The second-order valence-corrected chi connectivity index (χ2v) is 8.54. The largest absolute Gasteiger partial charge is 0.369 e. The predicted molar refractivity (Wildman–Crippen MR) is 114 cm³/mol. The fourth-order valence-electron chi connectivity index (χ4n) is 3.97. The van der Waals surface area contributed by atoms with Crippen LogP contribution in [0, 0.1) is 17.8 Å². The molecule has 6 heteroatoms. The first-order chi connectivity index (χ1) is 13.9. The van der Waals surface area contributed by atoms with Crippen molar-refractivity contribution in [1.82, 2.24) is 10.6 Å². The number of nitrogens with one attached hydrogen (secondary N) is 2. The number of rotatable bonds is 10. The number of carbonyl (C=O) groups excluding carboxylic acids is 3. The molecule has 6 nitrogen and oxygen atoms in total. The molecule has 3 amide bonds. The van der Waals surface area contributed by atoms with Gasteiger partial charge in [-0.1, -0.05) is 63.4 Å². The van der Waals surface area contributed by atoms with Gasteiger partial charge in [-0.25, -0.2) is 0 Å². The molecule has 0 saturated heterocycles. The third kappa shape index (κ3) is 7.87. The van der Waals surface area contributed by atoms with Gasteiger partial charge < -0.3 is 16.4 Å². The van der Waals surface area contributed by atoms with E-state index >= 15 is 0 Å². The van der Waals surface area contributed by atoms with E-state index in [4.69, 9.17) is 5.73 Å². The molecule has 160 valence electrons. The smallest absolute Gasteiger partial charge is 0.239 e. The van der Waals surface area contributed by atoms with Gasteiger partial charge in [0.2, 0.25) is 17.7 Å². The van der Waals surface area contributed by atoms with Crippen LogP contribution in [0.25, 0.3) is 0 Å². The van der Waals surface area contributed by atoms with Crippen molar-refractivity contribution < 1.29 is 14.4 Å². The third-order valence-corrected chi connectivity index (χ3v) is 5.69. The van der Waals surface area contributed by atoms with Gasteiger partial charge in [0.25, 0.3) is 0 Å². The second-order valence-electron chi connectivity index (χ2n) is 8.54. The van der Waals surface area contributed by atoms with E-state index in [1.54, 1.807) is 0 Å². The molecule has 0 spiro atoms. The van der Waals surface area contributed by atoms with Crippen molar-refractivity contribution in [3.05, 3.63) is 35.9 Å². The summed E-state index contributed by atoms with van der Waals surface area (Å²) in [5, 5.41) is 5.68. The zero-order valence-corrected chi connectivity index (χ0v) is 17.7. The Morgan fingerprint density at radius 2 is 1.76 bits per heavy atom. The molecular formula is C23H35N3O3. The third-order valence-electron chi connectivity index (χ3n) is 5.69. The number of hydrogen-bond acceptors (Lipinski definition) is 3. The van der Waals surface area contributed by atoms with Crippen LogP contribution in [0.1, 0.15) is 57.9 Å². The van der Waals surface area contributed by atoms with E-state index in [0.717, 1.165) is 37.7 Å². The average molecular weight is 402 g/mol. The summed E-state index contributed by atoms with van der Waals surface area (Å²) < 4.78 is 0. The van der Waals surface area contributed by atoms with Crippen molar-refractivity contribution in [2.75, 3.05) is 6.54 Å². The Balaban J connectivity index is 1.88. The van der Waals surface area contributed by atoms with Crippen LogP contribution in [0.5, 0.6) is 0 Å². The van der Waals surface area contributed by atoms with Gasteiger partial charge >= 0.3 is 0 Å². The Morgan fingerprint density at radius 3 is 2.41 bits per heavy atom. The molecule has 1 fully saturated rings. The number of nitrogens with two attached hydrogens (primary N) is 1. The standard InChI is InChI=1S/C23H35N3O3/c1-16(2)12-13-18(14-17-8-4-3-5-9-17)23(29)25-15-21(27)26-20-11-7-6-10-19(20)22(24)28/h3-5,8-9,16,18-20H,6-7,10-15H2,1-2H3,(H2,24,28)(H,25,29)(H,26,27)/t18?,19-,20-/m1/s1. The van der Waals surface area contributed by atoms with Crippen LogP contribution in [-0.4, -0.2) is 30.3 Å². The minimum Gasteiger partial charge on any atom is -0.369 e. The summed E-state index contributed by atoms with van der Waals surface area (Å²) in [6.45, 7) is 4.21. The maximum Gasteiger partial charge on any atom is 0.239 e. The van der Waals surface area contributed by atoms with Crippen molar-refractivity contribution in [3.63, 3.8) is 0 Å². The summed E-state index contributed by atoms with van der Waals surface area (Å²) >= 11 is 0. The van der Waals surface area contributed by atoms with Gasteiger partial charge in [0.05, 0.1) is 12.5 Å². The van der Waals surface area contributed by atoms with Crippen LogP contribution in [0.15, 0.2) is 30.3 Å². The quantitative estimate of drug-likeness (QED) is 0.561. The van der Waals surface area contributed by atoms with Crippen molar-refractivity contribution in [1.29, 1.82) is 0 Å². The van der Waals surface area contributed by atoms with E-state index in [1.807, 2.05) is 30.3 Å². The lowest BCUT2D eigenvalue weighted by Gasteiger charge is -2.30. The minimum atomic E-state index is -0.365. The number of carbonyl (C=O) groups is 3. The molecule has 0 aromatic heterocycles. The highest BCUT2D eigenvalue weighted by atomic mass is 16.2.